The van der Waals surface area contributed by atoms with E-state index in [-0.39, 0.29) is 29.5 Å². The Morgan fingerprint density at radius 3 is 1.88 bits per heavy atom. The number of hydrogen-bond acceptors (Lipinski definition) is 7. The Hall–Kier alpha value is -0.920. The molecule has 0 aromatic heterocycles. The highest BCUT2D eigenvalue weighted by Crippen LogP contribution is 2.23. The zero-order valence-electron chi connectivity index (χ0n) is 26.8. The first kappa shape index (κ1) is 39.1. The maximum absolute atomic E-state index is 12.6. The van der Waals surface area contributed by atoms with Crippen LogP contribution >= 0.6 is 21.6 Å². The Morgan fingerprint density at radius 2 is 1.32 bits per heavy atom. The Morgan fingerprint density at radius 1 is 0.775 bits per heavy atom. The van der Waals surface area contributed by atoms with E-state index in [0.29, 0.717) is 6.61 Å². The second kappa shape index (κ2) is 28.2. The van der Waals surface area contributed by atoms with E-state index in [1.807, 2.05) is 14.1 Å². The molecule has 0 bridgehead atoms. The van der Waals surface area contributed by atoms with Crippen molar-refractivity contribution in [2.24, 2.45) is 0 Å². The van der Waals surface area contributed by atoms with Gasteiger partial charge in [0.15, 0.2) is 0 Å². The van der Waals surface area contributed by atoms with Gasteiger partial charge in [0.25, 0.3) is 0 Å². The number of nitrogens with zero attached hydrogens (tertiary/aromatic N) is 1. The van der Waals surface area contributed by atoms with Gasteiger partial charge in [-0.3, -0.25) is 9.59 Å². The van der Waals surface area contributed by atoms with Crippen molar-refractivity contribution in [2.45, 2.75) is 137 Å². The molecule has 0 spiro atoms. The van der Waals surface area contributed by atoms with E-state index in [9.17, 15) is 9.59 Å². The van der Waals surface area contributed by atoms with E-state index in [1.54, 1.807) is 0 Å². The minimum Gasteiger partial charge on any atom is -0.465 e. The first-order valence-electron chi connectivity index (χ1n) is 15.8. The summed E-state index contributed by atoms with van der Waals surface area (Å²) in [6.45, 7) is 9.98. The second-order valence-corrected chi connectivity index (χ2v) is 13.9. The van der Waals surface area contributed by atoms with E-state index in [0.717, 1.165) is 38.6 Å². The molecule has 0 aliphatic rings. The molecule has 0 aliphatic carbocycles. The number of ether oxygens (including phenoxy) is 2. The number of hydrogen-bond donors (Lipinski definition) is 0. The molecule has 0 aromatic rings. The predicted octanol–water partition coefficient (Wildman–Crippen LogP) is 9.56. The lowest BCUT2D eigenvalue weighted by molar-refractivity contribution is -0.144. The van der Waals surface area contributed by atoms with Crippen molar-refractivity contribution in [2.75, 3.05) is 38.8 Å². The van der Waals surface area contributed by atoms with Crippen molar-refractivity contribution in [3.63, 3.8) is 0 Å². The molecule has 1 unspecified atom stereocenters. The number of carbonyl (C=O) groups is 2. The van der Waals surface area contributed by atoms with Gasteiger partial charge in [0.05, 0.1) is 6.61 Å². The summed E-state index contributed by atoms with van der Waals surface area (Å²) in [5.41, 5.74) is 2.60. The van der Waals surface area contributed by atoms with E-state index in [4.69, 9.17) is 9.47 Å². The van der Waals surface area contributed by atoms with Gasteiger partial charge < -0.3 is 14.4 Å². The first-order chi connectivity index (χ1) is 19.2. The molecule has 7 heteroatoms. The van der Waals surface area contributed by atoms with Crippen LogP contribution in [0.3, 0.4) is 0 Å². The summed E-state index contributed by atoms with van der Waals surface area (Å²) in [6.07, 6.45) is 23.8. The van der Waals surface area contributed by atoms with Crippen LogP contribution in [0.1, 0.15) is 130 Å². The molecule has 1 atom stereocenters. The van der Waals surface area contributed by atoms with Crippen LogP contribution in [0.25, 0.3) is 0 Å². The van der Waals surface area contributed by atoms with Gasteiger partial charge in [-0.2, -0.15) is 0 Å². The van der Waals surface area contributed by atoms with Crippen LogP contribution in [0.2, 0.25) is 0 Å². The van der Waals surface area contributed by atoms with Gasteiger partial charge in [0.1, 0.15) is 17.6 Å². The lowest BCUT2D eigenvalue weighted by Crippen LogP contribution is -2.18. The third-order valence-electron chi connectivity index (χ3n) is 6.64. The molecular formula is C33H61NO4S2. The number of esters is 2. The molecule has 0 saturated carbocycles. The fourth-order valence-electron chi connectivity index (χ4n) is 4.34. The second-order valence-electron chi connectivity index (χ2n) is 11.4. The molecule has 234 valence electrons. The van der Waals surface area contributed by atoms with E-state index >= 15 is 0 Å². The van der Waals surface area contributed by atoms with Gasteiger partial charge in [0, 0.05) is 6.54 Å². The minimum absolute atomic E-state index is 0.172. The molecule has 0 aliphatic heterocycles. The van der Waals surface area contributed by atoms with Crippen LogP contribution in [-0.2, 0) is 19.1 Å². The highest BCUT2D eigenvalue weighted by atomic mass is 33.1. The molecule has 0 saturated heterocycles. The molecule has 5 nitrogen and oxygen atoms in total. The quantitative estimate of drug-likeness (QED) is 0.0403. The number of unbranched alkanes of at least 4 members (excludes halogenated alkanes) is 11. The Kier molecular flexibility index (Phi) is 27.6. The third-order valence-corrected chi connectivity index (χ3v) is 8.72. The topological polar surface area (TPSA) is 55.8 Å². The largest absolute Gasteiger partial charge is 0.465 e. The average molecular weight is 600 g/mol. The summed E-state index contributed by atoms with van der Waals surface area (Å²) in [4.78, 5) is 26.5. The predicted molar refractivity (Wildman–Crippen MR) is 177 cm³/mol. The molecule has 0 N–H and O–H groups in total. The lowest BCUT2D eigenvalue weighted by Gasteiger charge is -2.16. The van der Waals surface area contributed by atoms with Crippen LogP contribution in [-0.4, -0.2) is 61.7 Å². The maximum atomic E-state index is 12.6. The molecule has 0 heterocycles. The van der Waals surface area contributed by atoms with E-state index in [1.165, 1.54) is 103 Å². The van der Waals surface area contributed by atoms with Crippen molar-refractivity contribution in [3.8, 4) is 0 Å². The number of rotatable bonds is 27. The summed E-state index contributed by atoms with van der Waals surface area (Å²) in [7, 11) is 6.71. The highest BCUT2D eigenvalue weighted by molar-refractivity contribution is 8.77. The van der Waals surface area contributed by atoms with Crippen molar-refractivity contribution < 1.29 is 19.1 Å². The van der Waals surface area contributed by atoms with E-state index in [2.05, 4.69) is 44.7 Å². The Bertz CT molecular complexity index is 690. The molecule has 0 fully saturated rings. The fraction of sp³-hybridized carbons (Fsp3) is 0.818. The first-order valence-corrected chi connectivity index (χ1v) is 18.3. The summed E-state index contributed by atoms with van der Waals surface area (Å²) in [5, 5.41) is 0. The smallest absolute Gasteiger partial charge is 0.317 e. The summed E-state index contributed by atoms with van der Waals surface area (Å²) in [6, 6.07) is 0. The SMILES string of the molecule is CCCCCCCCCCCCCCC(/C=C(\C)CCC=C(C)C)OC(=O)CSSCC(=O)OCCCN(C)C. The van der Waals surface area contributed by atoms with Gasteiger partial charge in [-0.1, -0.05) is 116 Å². The van der Waals surface area contributed by atoms with Crippen molar-refractivity contribution >= 4 is 33.5 Å². The molecule has 0 radical (unpaired) electrons. The Balaban J connectivity index is 4.33. The molecule has 0 aromatic carbocycles. The van der Waals surface area contributed by atoms with Crippen LogP contribution in [0, 0.1) is 0 Å². The van der Waals surface area contributed by atoms with Crippen LogP contribution in [0.5, 0.6) is 0 Å². The van der Waals surface area contributed by atoms with Crippen LogP contribution in [0.4, 0.5) is 0 Å². The highest BCUT2D eigenvalue weighted by Gasteiger charge is 2.14. The monoisotopic (exact) mass is 599 g/mol. The zero-order chi connectivity index (χ0) is 29.8. The van der Waals surface area contributed by atoms with Gasteiger partial charge in [-0.05, 0) is 73.0 Å². The zero-order valence-corrected chi connectivity index (χ0v) is 28.4. The van der Waals surface area contributed by atoms with Gasteiger partial charge in [0.2, 0.25) is 0 Å². The van der Waals surface area contributed by atoms with Gasteiger partial charge >= 0.3 is 11.9 Å². The molecular weight excluding hydrogens is 539 g/mol. The maximum Gasteiger partial charge on any atom is 0.317 e. The number of carbonyl (C=O) groups excluding carboxylic acids is 2. The summed E-state index contributed by atoms with van der Waals surface area (Å²) >= 11 is 0. The average Bonchev–Trinajstić information content (AvgIpc) is 2.89. The van der Waals surface area contributed by atoms with Crippen molar-refractivity contribution in [1.82, 2.24) is 4.90 Å². The number of allylic oxidation sites excluding steroid dienone is 3. The van der Waals surface area contributed by atoms with Crippen molar-refractivity contribution in [1.29, 1.82) is 0 Å². The van der Waals surface area contributed by atoms with E-state index < -0.39 is 0 Å². The summed E-state index contributed by atoms with van der Waals surface area (Å²) in [5.74, 6) is 0.0301. The molecule has 40 heavy (non-hydrogen) atoms. The normalized spacial score (nSPS) is 12.4. The Labute approximate surface area is 255 Å². The third kappa shape index (κ3) is 28.6. The van der Waals surface area contributed by atoms with Gasteiger partial charge in [-0.25, -0.2) is 0 Å². The van der Waals surface area contributed by atoms with Crippen LogP contribution < -0.4 is 0 Å². The van der Waals surface area contributed by atoms with Crippen molar-refractivity contribution in [3.05, 3.63) is 23.3 Å². The lowest BCUT2D eigenvalue weighted by atomic mass is 10.0. The fourth-order valence-corrected chi connectivity index (χ4v) is 5.93. The standard InChI is InChI=1S/C33H61NO4S2/c1-7-8-9-10-11-12-13-14-15-16-17-18-23-31(26-30(4)22-19-21-29(2)3)38-33(36)28-40-39-27-32(35)37-25-20-24-34(5)6/h21,26,31H,7-20,22-25,27-28H2,1-6H3/b30-26+. The molecule has 0 amide bonds. The minimum atomic E-state index is -0.232. The van der Waals surface area contributed by atoms with Crippen LogP contribution in [0.15, 0.2) is 23.3 Å². The summed E-state index contributed by atoms with van der Waals surface area (Å²) < 4.78 is 11.1. The molecule has 0 rings (SSSR count). The van der Waals surface area contributed by atoms with Gasteiger partial charge in [-0.15, -0.1) is 0 Å².